The first-order valence-electron chi connectivity index (χ1n) is 5.00. The van der Waals surface area contributed by atoms with Crippen LogP contribution < -0.4 is 0 Å². The summed E-state index contributed by atoms with van der Waals surface area (Å²) in [6.07, 6.45) is 7.02. The lowest BCUT2D eigenvalue weighted by atomic mass is 10.2. The van der Waals surface area contributed by atoms with Gasteiger partial charge in [0.15, 0.2) is 0 Å². The van der Waals surface area contributed by atoms with Gasteiger partial charge in [-0.3, -0.25) is 0 Å². The predicted octanol–water partition coefficient (Wildman–Crippen LogP) is 3.55. The topological polar surface area (TPSA) is 9.23 Å². The molecule has 0 N–H and O–H groups in total. The predicted molar refractivity (Wildman–Crippen MR) is 54.4 cm³/mol. The van der Waals surface area contributed by atoms with E-state index in [0.29, 0.717) is 0 Å². The molecule has 0 rings (SSSR count). The van der Waals surface area contributed by atoms with Crippen LogP contribution in [0.2, 0.25) is 0 Å². The molecule has 0 saturated heterocycles. The van der Waals surface area contributed by atoms with E-state index in [-0.39, 0.29) is 0 Å². The van der Waals surface area contributed by atoms with Crippen LogP contribution in [0.5, 0.6) is 0 Å². The molecule has 1 nitrogen and oxygen atoms in total. The van der Waals surface area contributed by atoms with E-state index in [2.05, 4.69) is 26.8 Å². The molecule has 0 amide bonds. The summed E-state index contributed by atoms with van der Waals surface area (Å²) in [7, 11) is 0. The van der Waals surface area contributed by atoms with Crippen LogP contribution in [-0.2, 0) is 4.74 Å². The lowest BCUT2D eigenvalue weighted by Gasteiger charge is -2.03. The van der Waals surface area contributed by atoms with E-state index in [1.165, 1.54) is 24.8 Å². The second kappa shape index (κ2) is 8.79. The van der Waals surface area contributed by atoms with Gasteiger partial charge in [-0.25, -0.2) is 0 Å². The van der Waals surface area contributed by atoms with Crippen LogP contribution in [0.3, 0.4) is 0 Å². The molecule has 0 aromatic rings. The van der Waals surface area contributed by atoms with Crippen molar-refractivity contribution in [3.63, 3.8) is 0 Å². The van der Waals surface area contributed by atoms with E-state index in [4.69, 9.17) is 4.74 Å². The number of hydrogen-bond acceptors (Lipinski definition) is 1. The SMILES string of the molecule is C/C=C(\C)CCOCCCCC. The number of ether oxygens (including phenoxy) is 1. The maximum absolute atomic E-state index is 5.47. The quantitative estimate of drug-likeness (QED) is 0.419. The van der Waals surface area contributed by atoms with Gasteiger partial charge in [0, 0.05) is 6.61 Å². The summed E-state index contributed by atoms with van der Waals surface area (Å²) in [5.41, 5.74) is 1.42. The van der Waals surface area contributed by atoms with E-state index in [0.717, 1.165) is 19.6 Å². The van der Waals surface area contributed by atoms with Crippen molar-refractivity contribution in [3.8, 4) is 0 Å². The minimum Gasteiger partial charge on any atom is -0.381 e. The summed E-state index contributed by atoms with van der Waals surface area (Å²) in [5, 5.41) is 0. The molecule has 0 fully saturated rings. The first-order valence-corrected chi connectivity index (χ1v) is 5.00. The molecular weight excluding hydrogens is 148 g/mol. The Morgan fingerprint density at radius 2 is 2.00 bits per heavy atom. The largest absolute Gasteiger partial charge is 0.381 e. The zero-order valence-corrected chi connectivity index (χ0v) is 8.73. The Morgan fingerprint density at radius 3 is 2.58 bits per heavy atom. The Kier molecular flexibility index (Phi) is 8.57. The second-order valence-electron chi connectivity index (χ2n) is 3.20. The van der Waals surface area contributed by atoms with Gasteiger partial charge in [0.05, 0.1) is 6.61 Å². The zero-order chi connectivity index (χ0) is 9.23. The van der Waals surface area contributed by atoms with E-state index in [1.807, 2.05) is 0 Å². The van der Waals surface area contributed by atoms with E-state index in [9.17, 15) is 0 Å². The average molecular weight is 170 g/mol. The van der Waals surface area contributed by atoms with Crippen LogP contribution in [0.15, 0.2) is 11.6 Å². The van der Waals surface area contributed by atoms with E-state index < -0.39 is 0 Å². The third-order valence-electron chi connectivity index (χ3n) is 2.03. The maximum atomic E-state index is 5.47. The summed E-state index contributed by atoms with van der Waals surface area (Å²) < 4.78 is 5.47. The van der Waals surface area contributed by atoms with Crippen LogP contribution >= 0.6 is 0 Å². The highest BCUT2D eigenvalue weighted by Crippen LogP contribution is 2.00. The highest BCUT2D eigenvalue weighted by atomic mass is 16.5. The van der Waals surface area contributed by atoms with Gasteiger partial charge in [-0.1, -0.05) is 31.4 Å². The Morgan fingerprint density at radius 1 is 1.25 bits per heavy atom. The summed E-state index contributed by atoms with van der Waals surface area (Å²) >= 11 is 0. The molecule has 0 aliphatic heterocycles. The van der Waals surface area contributed by atoms with Gasteiger partial charge in [0.25, 0.3) is 0 Å². The molecule has 72 valence electrons. The van der Waals surface area contributed by atoms with Crippen molar-refractivity contribution in [1.82, 2.24) is 0 Å². The average Bonchev–Trinajstić information content (AvgIpc) is 2.10. The summed E-state index contributed by atoms with van der Waals surface area (Å²) in [6.45, 7) is 8.26. The maximum Gasteiger partial charge on any atom is 0.0503 e. The molecule has 0 aromatic carbocycles. The fraction of sp³-hybridized carbons (Fsp3) is 0.818. The number of allylic oxidation sites excluding steroid dienone is 1. The fourth-order valence-corrected chi connectivity index (χ4v) is 0.934. The molecule has 12 heavy (non-hydrogen) atoms. The third kappa shape index (κ3) is 7.80. The van der Waals surface area contributed by atoms with Gasteiger partial charge < -0.3 is 4.74 Å². The Hall–Kier alpha value is -0.300. The molecule has 0 atom stereocenters. The summed E-state index contributed by atoms with van der Waals surface area (Å²) in [4.78, 5) is 0. The van der Waals surface area contributed by atoms with Crippen molar-refractivity contribution in [2.24, 2.45) is 0 Å². The molecule has 0 aliphatic rings. The van der Waals surface area contributed by atoms with Crippen LogP contribution in [-0.4, -0.2) is 13.2 Å². The normalized spacial score (nSPS) is 12.1. The monoisotopic (exact) mass is 170 g/mol. The van der Waals surface area contributed by atoms with Crippen molar-refractivity contribution >= 4 is 0 Å². The summed E-state index contributed by atoms with van der Waals surface area (Å²) in [6, 6.07) is 0. The first-order chi connectivity index (χ1) is 5.81. The number of hydrogen-bond donors (Lipinski definition) is 0. The van der Waals surface area contributed by atoms with Crippen LogP contribution in [0.25, 0.3) is 0 Å². The first kappa shape index (κ1) is 11.7. The smallest absolute Gasteiger partial charge is 0.0503 e. The molecule has 0 radical (unpaired) electrons. The molecule has 0 aliphatic carbocycles. The second-order valence-corrected chi connectivity index (χ2v) is 3.20. The fourth-order valence-electron chi connectivity index (χ4n) is 0.934. The minimum atomic E-state index is 0.889. The number of unbranched alkanes of at least 4 members (excludes halogenated alkanes) is 2. The van der Waals surface area contributed by atoms with Crippen LogP contribution in [0.4, 0.5) is 0 Å². The van der Waals surface area contributed by atoms with Gasteiger partial charge in [-0.15, -0.1) is 0 Å². The highest BCUT2D eigenvalue weighted by molar-refractivity contribution is 4.94. The van der Waals surface area contributed by atoms with E-state index in [1.54, 1.807) is 0 Å². The van der Waals surface area contributed by atoms with Gasteiger partial charge >= 0.3 is 0 Å². The Labute approximate surface area is 76.8 Å². The van der Waals surface area contributed by atoms with Crippen molar-refractivity contribution in [3.05, 3.63) is 11.6 Å². The van der Waals surface area contributed by atoms with Gasteiger partial charge in [-0.2, -0.15) is 0 Å². The summed E-state index contributed by atoms with van der Waals surface area (Å²) in [5.74, 6) is 0. The van der Waals surface area contributed by atoms with Crippen molar-refractivity contribution in [1.29, 1.82) is 0 Å². The molecule has 0 heterocycles. The van der Waals surface area contributed by atoms with Crippen LogP contribution in [0, 0.1) is 0 Å². The Bertz CT molecular complexity index is 116. The van der Waals surface area contributed by atoms with E-state index >= 15 is 0 Å². The number of rotatable bonds is 7. The zero-order valence-electron chi connectivity index (χ0n) is 8.73. The lowest BCUT2D eigenvalue weighted by molar-refractivity contribution is 0.133. The Balaban J connectivity index is 3.00. The van der Waals surface area contributed by atoms with Crippen LogP contribution in [0.1, 0.15) is 46.5 Å². The molecule has 0 saturated carbocycles. The molecule has 0 spiro atoms. The molecule has 0 bridgehead atoms. The highest BCUT2D eigenvalue weighted by Gasteiger charge is 1.90. The van der Waals surface area contributed by atoms with Gasteiger partial charge in [0.1, 0.15) is 0 Å². The molecular formula is C11H22O. The third-order valence-corrected chi connectivity index (χ3v) is 2.03. The minimum absolute atomic E-state index is 0.889. The molecule has 0 aromatic heterocycles. The van der Waals surface area contributed by atoms with Crippen molar-refractivity contribution < 1.29 is 4.74 Å². The van der Waals surface area contributed by atoms with Gasteiger partial charge in [0.2, 0.25) is 0 Å². The molecule has 1 heteroatoms. The van der Waals surface area contributed by atoms with Crippen molar-refractivity contribution in [2.45, 2.75) is 46.5 Å². The lowest BCUT2D eigenvalue weighted by Crippen LogP contribution is -1.97. The van der Waals surface area contributed by atoms with Gasteiger partial charge in [-0.05, 0) is 26.7 Å². The molecule has 0 unspecified atom stereocenters. The standard InChI is InChI=1S/C11H22O/c1-4-6-7-9-12-10-8-11(3)5-2/h5H,4,6-10H2,1-3H3/b11-5+. The van der Waals surface area contributed by atoms with Crippen molar-refractivity contribution in [2.75, 3.05) is 13.2 Å².